The van der Waals surface area contributed by atoms with Gasteiger partial charge in [0.25, 0.3) is 0 Å². The quantitative estimate of drug-likeness (QED) is 0.711. The minimum Gasteiger partial charge on any atom is -0.496 e. The summed E-state index contributed by atoms with van der Waals surface area (Å²) >= 11 is 0. The minimum absolute atomic E-state index is 0.738. The monoisotopic (exact) mass is 249 g/mol. The lowest BCUT2D eigenvalue weighted by molar-refractivity contribution is 0.408. The maximum atomic E-state index is 5.39. The lowest BCUT2D eigenvalue weighted by Crippen LogP contribution is -2.20. The van der Waals surface area contributed by atoms with Crippen LogP contribution in [0.2, 0.25) is 0 Å². The Balaban J connectivity index is 2.28. The Morgan fingerprint density at radius 1 is 1.22 bits per heavy atom. The number of methoxy groups -OCH3 is 1. The first-order valence-electron chi connectivity index (χ1n) is 6.97. The summed E-state index contributed by atoms with van der Waals surface area (Å²) in [6.45, 7) is 8.85. The van der Waals surface area contributed by atoms with Gasteiger partial charge in [-0.2, -0.15) is 0 Å². The van der Waals surface area contributed by atoms with Gasteiger partial charge in [-0.3, -0.25) is 0 Å². The van der Waals surface area contributed by atoms with Gasteiger partial charge < -0.3 is 10.1 Å². The molecule has 0 atom stereocenters. The fourth-order valence-corrected chi connectivity index (χ4v) is 2.06. The van der Waals surface area contributed by atoms with E-state index in [0.717, 1.165) is 31.2 Å². The van der Waals surface area contributed by atoms with Gasteiger partial charge in [0.1, 0.15) is 5.75 Å². The first-order valence-corrected chi connectivity index (χ1v) is 6.97. The Labute approximate surface area is 112 Å². The van der Waals surface area contributed by atoms with Crippen molar-refractivity contribution >= 4 is 0 Å². The van der Waals surface area contributed by atoms with Crippen LogP contribution in [-0.2, 0) is 6.42 Å². The molecule has 0 bridgehead atoms. The van der Waals surface area contributed by atoms with E-state index in [0.29, 0.717) is 0 Å². The third-order valence-electron chi connectivity index (χ3n) is 3.04. The van der Waals surface area contributed by atoms with Crippen molar-refractivity contribution in [3.63, 3.8) is 0 Å². The summed E-state index contributed by atoms with van der Waals surface area (Å²) in [4.78, 5) is 0. The van der Waals surface area contributed by atoms with Crippen LogP contribution in [0.5, 0.6) is 5.75 Å². The maximum absolute atomic E-state index is 5.39. The van der Waals surface area contributed by atoms with E-state index >= 15 is 0 Å². The second kappa shape index (κ2) is 8.15. The molecule has 0 saturated carbocycles. The number of aryl methyl sites for hydroxylation is 2. The van der Waals surface area contributed by atoms with Crippen LogP contribution in [-0.4, -0.2) is 20.2 Å². The molecule has 1 aromatic rings. The second-order valence-corrected chi connectivity index (χ2v) is 5.37. The van der Waals surface area contributed by atoms with Gasteiger partial charge in [0.15, 0.2) is 0 Å². The van der Waals surface area contributed by atoms with Crippen molar-refractivity contribution in [1.82, 2.24) is 5.32 Å². The number of ether oxygens (including phenoxy) is 1. The highest BCUT2D eigenvalue weighted by atomic mass is 16.5. The SMILES string of the molecule is COc1ccc(C)cc1CCCCNCC(C)C. The highest BCUT2D eigenvalue weighted by Crippen LogP contribution is 2.21. The van der Waals surface area contributed by atoms with Gasteiger partial charge in [0, 0.05) is 0 Å². The summed E-state index contributed by atoms with van der Waals surface area (Å²) in [7, 11) is 1.75. The molecule has 0 aliphatic carbocycles. The molecule has 1 aromatic carbocycles. The molecule has 0 radical (unpaired) electrons. The van der Waals surface area contributed by atoms with Crippen LogP contribution in [0.25, 0.3) is 0 Å². The Bertz CT molecular complexity index is 347. The van der Waals surface area contributed by atoms with Gasteiger partial charge in [-0.15, -0.1) is 0 Å². The van der Waals surface area contributed by atoms with E-state index in [1.807, 2.05) is 0 Å². The lowest BCUT2D eigenvalue weighted by Gasteiger charge is -2.10. The molecule has 1 rings (SSSR count). The molecular formula is C16H27NO. The Hall–Kier alpha value is -1.02. The van der Waals surface area contributed by atoms with Gasteiger partial charge in [0.2, 0.25) is 0 Å². The van der Waals surface area contributed by atoms with E-state index < -0.39 is 0 Å². The number of nitrogens with one attached hydrogen (secondary N) is 1. The Morgan fingerprint density at radius 3 is 2.67 bits per heavy atom. The third-order valence-corrected chi connectivity index (χ3v) is 3.04. The molecule has 0 aliphatic rings. The molecule has 0 heterocycles. The zero-order valence-corrected chi connectivity index (χ0v) is 12.3. The molecule has 2 nitrogen and oxygen atoms in total. The molecule has 0 unspecified atom stereocenters. The van der Waals surface area contributed by atoms with Gasteiger partial charge in [-0.25, -0.2) is 0 Å². The molecule has 18 heavy (non-hydrogen) atoms. The van der Waals surface area contributed by atoms with E-state index in [9.17, 15) is 0 Å². The average Bonchev–Trinajstić information content (AvgIpc) is 2.33. The average molecular weight is 249 g/mol. The van der Waals surface area contributed by atoms with Crippen molar-refractivity contribution in [3.8, 4) is 5.75 Å². The highest BCUT2D eigenvalue weighted by molar-refractivity contribution is 5.36. The van der Waals surface area contributed by atoms with E-state index in [4.69, 9.17) is 4.74 Å². The van der Waals surface area contributed by atoms with Crippen molar-refractivity contribution in [2.45, 2.75) is 40.0 Å². The first kappa shape index (κ1) is 15.0. The van der Waals surface area contributed by atoms with Crippen LogP contribution in [0.15, 0.2) is 18.2 Å². The molecule has 0 fully saturated rings. The highest BCUT2D eigenvalue weighted by Gasteiger charge is 2.02. The van der Waals surface area contributed by atoms with Gasteiger partial charge >= 0.3 is 0 Å². The van der Waals surface area contributed by atoms with Crippen LogP contribution in [0, 0.1) is 12.8 Å². The van der Waals surface area contributed by atoms with Crippen molar-refractivity contribution < 1.29 is 4.74 Å². The predicted octanol–water partition coefficient (Wildman–Crippen LogP) is 3.57. The number of benzene rings is 1. The number of hydrogen-bond acceptors (Lipinski definition) is 2. The van der Waals surface area contributed by atoms with E-state index in [1.165, 1.54) is 24.0 Å². The van der Waals surface area contributed by atoms with Crippen LogP contribution >= 0.6 is 0 Å². The lowest BCUT2D eigenvalue weighted by atomic mass is 10.0. The number of rotatable bonds is 8. The molecule has 0 amide bonds. The summed E-state index contributed by atoms with van der Waals surface area (Å²) in [5, 5.41) is 3.48. The summed E-state index contributed by atoms with van der Waals surface area (Å²) < 4.78 is 5.39. The topological polar surface area (TPSA) is 21.3 Å². The number of hydrogen-bond donors (Lipinski definition) is 1. The van der Waals surface area contributed by atoms with Crippen molar-refractivity contribution in [2.75, 3.05) is 20.2 Å². The molecule has 2 heteroatoms. The molecular weight excluding hydrogens is 222 g/mol. The van der Waals surface area contributed by atoms with Crippen molar-refractivity contribution in [3.05, 3.63) is 29.3 Å². The zero-order valence-electron chi connectivity index (χ0n) is 12.3. The van der Waals surface area contributed by atoms with Crippen LogP contribution in [0.1, 0.15) is 37.8 Å². The third kappa shape index (κ3) is 5.54. The minimum atomic E-state index is 0.738. The predicted molar refractivity (Wildman–Crippen MR) is 78.4 cm³/mol. The van der Waals surface area contributed by atoms with Crippen LogP contribution in [0.4, 0.5) is 0 Å². The van der Waals surface area contributed by atoms with Gasteiger partial charge in [-0.1, -0.05) is 31.5 Å². The first-order chi connectivity index (χ1) is 8.63. The zero-order chi connectivity index (χ0) is 13.4. The molecule has 0 aliphatic heterocycles. The van der Waals surface area contributed by atoms with Gasteiger partial charge in [-0.05, 0) is 56.8 Å². The summed E-state index contributed by atoms with van der Waals surface area (Å²) in [6.07, 6.45) is 3.54. The van der Waals surface area contributed by atoms with E-state index in [1.54, 1.807) is 7.11 Å². The largest absolute Gasteiger partial charge is 0.496 e. The van der Waals surface area contributed by atoms with E-state index in [2.05, 4.69) is 44.3 Å². The fraction of sp³-hybridized carbons (Fsp3) is 0.625. The molecule has 0 aromatic heterocycles. The Morgan fingerprint density at radius 2 is 2.00 bits per heavy atom. The molecule has 1 N–H and O–H groups in total. The summed E-state index contributed by atoms with van der Waals surface area (Å²) in [5.74, 6) is 1.76. The second-order valence-electron chi connectivity index (χ2n) is 5.37. The van der Waals surface area contributed by atoms with Crippen molar-refractivity contribution in [2.24, 2.45) is 5.92 Å². The maximum Gasteiger partial charge on any atom is 0.122 e. The smallest absolute Gasteiger partial charge is 0.122 e. The fourth-order valence-electron chi connectivity index (χ4n) is 2.06. The number of unbranched alkanes of at least 4 members (excludes halogenated alkanes) is 1. The van der Waals surface area contributed by atoms with Crippen molar-refractivity contribution in [1.29, 1.82) is 0 Å². The van der Waals surface area contributed by atoms with Crippen LogP contribution in [0.3, 0.4) is 0 Å². The van der Waals surface area contributed by atoms with Crippen LogP contribution < -0.4 is 10.1 Å². The van der Waals surface area contributed by atoms with E-state index in [-0.39, 0.29) is 0 Å². The molecule has 0 spiro atoms. The Kier molecular flexibility index (Phi) is 6.81. The summed E-state index contributed by atoms with van der Waals surface area (Å²) in [5.41, 5.74) is 2.64. The molecule has 0 saturated heterocycles. The molecule has 102 valence electrons. The normalized spacial score (nSPS) is 10.9. The standard InChI is InChI=1S/C16H27NO/c1-13(2)12-17-10-6-5-7-15-11-14(3)8-9-16(15)18-4/h8-9,11,13,17H,5-7,10,12H2,1-4H3. The summed E-state index contributed by atoms with van der Waals surface area (Å²) in [6, 6.07) is 6.41. The van der Waals surface area contributed by atoms with Gasteiger partial charge in [0.05, 0.1) is 7.11 Å².